The molecule has 0 amide bonds. The van der Waals surface area contributed by atoms with E-state index in [0.29, 0.717) is 18.3 Å². The first kappa shape index (κ1) is 14.7. The maximum atomic E-state index is 5.31. The molecule has 5 nitrogen and oxygen atoms in total. The van der Waals surface area contributed by atoms with Crippen molar-refractivity contribution in [1.29, 1.82) is 0 Å². The average molecular weight is 274 g/mol. The van der Waals surface area contributed by atoms with Crippen LogP contribution in [0.2, 0.25) is 0 Å². The number of nitrogens with one attached hydrogen (secondary N) is 1. The number of nitrogens with zero attached hydrogens (tertiary/aromatic N) is 3. The van der Waals surface area contributed by atoms with Crippen molar-refractivity contribution in [2.24, 2.45) is 0 Å². The van der Waals surface area contributed by atoms with E-state index in [1.165, 1.54) is 5.56 Å². The molecule has 0 aliphatic rings. The summed E-state index contributed by atoms with van der Waals surface area (Å²) < 4.78 is 5.31. The minimum absolute atomic E-state index is 0.656. The maximum Gasteiger partial charge on any atom is 0.241 e. The van der Waals surface area contributed by atoms with E-state index >= 15 is 0 Å². The van der Waals surface area contributed by atoms with Gasteiger partial charge in [-0.3, -0.25) is 4.90 Å². The molecule has 5 heteroatoms. The molecule has 1 heterocycles. The number of aromatic nitrogens is 2. The summed E-state index contributed by atoms with van der Waals surface area (Å²) in [4.78, 5) is 6.63. The molecule has 2 aromatic rings. The summed E-state index contributed by atoms with van der Waals surface area (Å²) in [6, 6.07) is 8.13. The lowest BCUT2D eigenvalue weighted by atomic mass is 10.1. The van der Waals surface area contributed by atoms with E-state index in [1.807, 2.05) is 19.2 Å². The Morgan fingerprint density at radius 2 is 2.00 bits per heavy atom. The molecule has 0 radical (unpaired) electrons. The van der Waals surface area contributed by atoms with Crippen LogP contribution in [0.5, 0.6) is 0 Å². The van der Waals surface area contributed by atoms with Gasteiger partial charge in [0.05, 0.1) is 6.54 Å². The number of hydrogen-bond acceptors (Lipinski definition) is 5. The molecule has 0 bridgehead atoms. The van der Waals surface area contributed by atoms with Gasteiger partial charge >= 0.3 is 0 Å². The summed E-state index contributed by atoms with van der Waals surface area (Å²) in [7, 11) is 4.03. The molecule has 0 atom stereocenters. The third kappa shape index (κ3) is 4.15. The largest absolute Gasteiger partial charge is 0.338 e. The van der Waals surface area contributed by atoms with Crippen LogP contribution >= 0.6 is 0 Å². The quantitative estimate of drug-likeness (QED) is 0.783. The van der Waals surface area contributed by atoms with Crippen molar-refractivity contribution >= 4 is 0 Å². The highest BCUT2D eigenvalue weighted by Crippen LogP contribution is 2.16. The van der Waals surface area contributed by atoms with E-state index in [1.54, 1.807) is 0 Å². The molecule has 0 saturated heterocycles. The van der Waals surface area contributed by atoms with Crippen LogP contribution in [0.15, 0.2) is 28.8 Å². The molecular formula is C15H22N4O. The van der Waals surface area contributed by atoms with Gasteiger partial charge < -0.3 is 9.84 Å². The fraction of sp³-hybridized carbons (Fsp3) is 0.467. The van der Waals surface area contributed by atoms with Crippen LogP contribution in [0.25, 0.3) is 11.4 Å². The fourth-order valence-corrected chi connectivity index (χ4v) is 1.97. The third-order valence-corrected chi connectivity index (χ3v) is 3.15. The Morgan fingerprint density at radius 3 is 2.70 bits per heavy atom. The Morgan fingerprint density at radius 1 is 1.25 bits per heavy atom. The zero-order valence-corrected chi connectivity index (χ0v) is 12.4. The average Bonchev–Trinajstić information content (AvgIpc) is 2.88. The molecule has 2 rings (SSSR count). The predicted octanol–water partition coefficient (Wildman–Crippen LogP) is 2.09. The summed E-state index contributed by atoms with van der Waals surface area (Å²) in [5.41, 5.74) is 2.21. The third-order valence-electron chi connectivity index (χ3n) is 3.15. The lowest BCUT2D eigenvalue weighted by Gasteiger charge is -2.13. The lowest BCUT2D eigenvalue weighted by Crippen LogP contribution is -2.22. The highest BCUT2D eigenvalue weighted by Gasteiger charge is 2.10. The van der Waals surface area contributed by atoms with Gasteiger partial charge in [0.2, 0.25) is 11.7 Å². The molecule has 0 fully saturated rings. The summed E-state index contributed by atoms with van der Waals surface area (Å²) in [6.45, 7) is 4.76. The van der Waals surface area contributed by atoms with Gasteiger partial charge in [-0.25, -0.2) is 0 Å². The fourth-order valence-electron chi connectivity index (χ4n) is 1.97. The Bertz CT molecular complexity index is 521. The number of benzene rings is 1. The lowest BCUT2D eigenvalue weighted by molar-refractivity contribution is 0.264. The molecule has 108 valence electrons. The Hall–Kier alpha value is -1.72. The first-order chi connectivity index (χ1) is 9.69. The van der Waals surface area contributed by atoms with Crippen molar-refractivity contribution in [2.75, 3.05) is 27.2 Å². The standard InChI is InChI=1S/C15H22N4O/c1-12-5-7-13(8-6-12)15-17-14(20-18-15)11-19(3)10-4-9-16-2/h5-8,16H,4,9-11H2,1-3H3. The van der Waals surface area contributed by atoms with Gasteiger partial charge in [0, 0.05) is 5.56 Å². The van der Waals surface area contributed by atoms with E-state index in [2.05, 4.69) is 46.5 Å². The van der Waals surface area contributed by atoms with Crippen LogP contribution < -0.4 is 5.32 Å². The van der Waals surface area contributed by atoms with Crippen LogP contribution in [-0.2, 0) is 6.54 Å². The minimum atomic E-state index is 0.656. The zero-order chi connectivity index (χ0) is 14.4. The summed E-state index contributed by atoms with van der Waals surface area (Å²) in [5, 5.41) is 7.18. The summed E-state index contributed by atoms with van der Waals surface area (Å²) in [5.74, 6) is 1.32. The van der Waals surface area contributed by atoms with Crippen LogP contribution in [0.1, 0.15) is 17.9 Å². The SMILES string of the molecule is CNCCCN(C)Cc1nc(-c2ccc(C)cc2)no1. The second-order valence-corrected chi connectivity index (χ2v) is 5.07. The molecule has 20 heavy (non-hydrogen) atoms. The van der Waals surface area contributed by atoms with Crippen LogP contribution in [0.3, 0.4) is 0 Å². The highest BCUT2D eigenvalue weighted by molar-refractivity contribution is 5.54. The van der Waals surface area contributed by atoms with Gasteiger partial charge in [-0.1, -0.05) is 35.0 Å². The summed E-state index contributed by atoms with van der Waals surface area (Å²) >= 11 is 0. The smallest absolute Gasteiger partial charge is 0.241 e. The first-order valence-corrected chi connectivity index (χ1v) is 6.92. The van der Waals surface area contributed by atoms with Crippen molar-refractivity contribution < 1.29 is 4.52 Å². The van der Waals surface area contributed by atoms with Crippen molar-refractivity contribution in [3.63, 3.8) is 0 Å². The van der Waals surface area contributed by atoms with Crippen molar-refractivity contribution in [3.8, 4) is 11.4 Å². The second kappa shape index (κ2) is 7.17. The van der Waals surface area contributed by atoms with Crippen LogP contribution in [-0.4, -0.2) is 42.2 Å². The summed E-state index contributed by atoms with van der Waals surface area (Å²) in [6.07, 6.45) is 1.10. The second-order valence-electron chi connectivity index (χ2n) is 5.07. The molecule has 0 unspecified atom stereocenters. The molecule has 0 aliphatic carbocycles. The van der Waals surface area contributed by atoms with Gasteiger partial charge in [0.25, 0.3) is 0 Å². The number of aryl methyl sites for hydroxylation is 1. The van der Waals surface area contributed by atoms with Crippen molar-refractivity contribution in [1.82, 2.24) is 20.4 Å². The van der Waals surface area contributed by atoms with Gasteiger partial charge in [0.1, 0.15) is 0 Å². The highest BCUT2D eigenvalue weighted by atomic mass is 16.5. The molecule has 1 N–H and O–H groups in total. The molecular weight excluding hydrogens is 252 g/mol. The van der Waals surface area contributed by atoms with E-state index in [0.717, 1.165) is 25.1 Å². The Balaban J connectivity index is 1.93. The normalized spacial score (nSPS) is 11.2. The van der Waals surface area contributed by atoms with Crippen molar-refractivity contribution in [3.05, 3.63) is 35.7 Å². The van der Waals surface area contributed by atoms with E-state index in [4.69, 9.17) is 4.52 Å². The van der Waals surface area contributed by atoms with Gasteiger partial charge in [0.15, 0.2) is 0 Å². The van der Waals surface area contributed by atoms with Gasteiger partial charge in [-0.2, -0.15) is 4.98 Å². The zero-order valence-electron chi connectivity index (χ0n) is 12.4. The topological polar surface area (TPSA) is 54.2 Å². The van der Waals surface area contributed by atoms with Crippen LogP contribution in [0, 0.1) is 6.92 Å². The van der Waals surface area contributed by atoms with Gasteiger partial charge in [-0.15, -0.1) is 0 Å². The number of rotatable bonds is 7. The maximum absolute atomic E-state index is 5.31. The molecule has 1 aromatic heterocycles. The van der Waals surface area contributed by atoms with E-state index < -0.39 is 0 Å². The molecule has 0 spiro atoms. The first-order valence-electron chi connectivity index (χ1n) is 6.92. The Labute approximate surface area is 120 Å². The molecule has 0 aliphatic heterocycles. The van der Waals surface area contributed by atoms with E-state index in [9.17, 15) is 0 Å². The van der Waals surface area contributed by atoms with Crippen molar-refractivity contribution in [2.45, 2.75) is 19.9 Å². The van der Waals surface area contributed by atoms with Gasteiger partial charge in [-0.05, 0) is 40.5 Å². The monoisotopic (exact) mass is 274 g/mol. The molecule has 1 aromatic carbocycles. The van der Waals surface area contributed by atoms with E-state index in [-0.39, 0.29) is 0 Å². The predicted molar refractivity (Wildman–Crippen MR) is 79.3 cm³/mol. The Kier molecular flexibility index (Phi) is 5.26. The number of hydrogen-bond donors (Lipinski definition) is 1. The molecule has 0 saturated carbocycles. The van der Waals surface area contributed by atoms with Crippen LogP contribution in [0.4, 0.5) is 0 Å². The minimum Gasteiger partial charge on any atom is -0.338 e.